The maximum Gasteiger partial charge on any atom is 0.206 e. The summed E-state index contributed by atoms with van der Waals surface area (Å²) in [5, 5.41) is 2.97. The quantitative estimate of drug-likeness (QED) is 0.216. The van der Waals surface area contributed by atoms with Gasteiger partial charge in [0.2, 0.25) is 5.96 Å². The van der Waals surface area contributed by atoms with E-state index >= 15 is 0 Å². The number of nitrogens with two attached hydrogens (primary N) is 1. The highest BCUT2D eigenvalue weighted by atomic mass is 15.3. The SMILES string of the molecule is CCNC(=NCc1cnc[nH]1)NN. The van der Waals surface area contributed by atoms with Crippen LogP contribution < -0.4 is 16.6 Å². The predicted molar refractivity (Wildman–Crippen MR) is 50.7 cm³/mol. The molecule has 0 aliphatic rings. The molecule has 0 fully saturated rings. The van der Waals surface area contributed by atoms with Crippen molar-refractivity contribution in [1.82, 2.24) is 20.7 Å². The molecular weight excluding hydrogens is 168 g/mol. The summed E-state index contributed by atoms with van der Waals surface area (Å²) in [5.74, 6) is 5.81. The molecule has 0 unspecified atom stereocenters. The second kappa shape index (κ2) is 5.15. The fraction of sp³-hybridized carbons (Fsp3) is 0.429. The molecule has 0 spiro atoms. The Balaban J connectivity index is 2.45. The molecule has 6 nitrogen and oxygen atoms in total. The number of hydrogen-bond donors (Lipinski definition) is 4. The van der Waals surface area contributed by atoms with Crippen molar-refractivity contribution in [3.8, 4) is 0 Å². The molecule has 1 rings (SSSR count). The predicted octanol–water partition coefficient (Wildman–Crippen LogP) is -0.661. The topological polar surface area (TPSA) is 91.1 Å². The van der Waals surface area contributed by atoms with E-state index in [1.54, 1.807) is 12.5 Å². The number of aliphatic imine (C=N–C) groups is 1. The molecule has 0 aromatic carbocycles. The maximum absolute atomic E-state index is 5.23. The van der Waals surface area contributed by atoms with E-state index in [9.17, 15) is 0 Å². The van der Waals surface area contributed by atoms with Crippen molar-refractivity contribution in [1.29, 1.82) is 0 Å². The smallest absolute Gasteiger partial charge is 0.206 e. The first-order chi connectivity index (χ1) is 6.36. The van der Waals surface area contributed by atoms with Gasteiger partial charge in [-0.3, -0.25) is 5.43 Å². The van der Waals surface area contributed by atoms with Crippen LogP contribution in [0, 0.1) is 0 Å². The average Bonchev–Trinajstić information content (AvgIpc) is 2.64. The van der Waals surface area contributed by atoms with Crippen LogP contribution in [0.15, 0.2) is 17.5 Å². The van der Waals surface area contributed by atoms with E-state index in [0.29, 0.717) is 12.5 Å². The van der Waals surface area contributed by atoms with Crippen molar-refractivity contribution in [2.45, 2.75) is 13.5 Å². The Kier molecular flexibility index (Phi) is 3.77. The van der Waals surface area contributed by atoms with Crippen molar-refractivity contribution >= 4 is 5.96 Å². The molecule has 1 aromatic rings. The molecule has 0 saturated carbocycles. The minimum Gasteiger partial charge on any atom is -0.356 e. The molecule has 0 bridgehead atoms. The second-order valence-electron chi connectivity index (χ2n) is 2.42. The van der Waals surface area contributed by atoms with Crippen LogP contribution in [0.3, 0.4) is 0 Å². The lowest BCUT2D eigenvalue weighted by Crippen LogP contribution is -2.41. The molecule has 0 radical (unpaired) electrons. The highest BCUT2D eigenvalue weighted by Gasteiger charge is 1.94. The summed E-state index contributed by atoms with van der Waals surface area (Å²) in [5.41, 5.74) is 3.42. The van der Waals surface area contributed by atoms with Gasteiger partial charge in [0, 0.05) is 12.7 Å². The number of nitrogens with one attached hydrogen (secondary N) is 3. The Morgan fingerprint density at radius 3 is 3.15 bits per heavy atom. The third-order valence-electron chi connectivity index (χ3n) is 1.44. The summed E-state index contributed by atoms with van der Waals surface area (Å²) in [4.78, 5) is 11.0. The fourth-order valence-corrected chi connectivity index (χ4v) is 0.855. The number of guanidine groups is 1. The van der Waals surface area contributed by atoms with Crippen LogP contribution in [-0.4, -0.2) is 22.5 Å². The molecule has 13 heavy (non-hydrogen) atoms. The minimum absolute atomic E-state index is 0.534. The number of hydrogen-bond acceptors (Lipinski definition) is 3. The lowest BCUT2D eigenvalue weighted by atomic mass is 10.5. The van der Waals surface area contributed by atoms with Gasteiger partial charge in [0.1, 0.15) is 0 Å². The van der Waals surface area contributed by atoms with Gasteiger partial charge in [-0.15, -0.1) is 0 Å². The summed E-state index contributed by atoms with van der Waals surface area (Å²) >= 11 is 0. The van der Waals surface area contributed by atoms with Crippen LogP contribution in [0.5, 0.6) is 0 Å². The van der Waals surface area contributed by atoms with Gasteiger partial charge in [0.25, 0.3) is 0 Å². The van der Waals surface area contributed by atoms with Crippen LogP contribution in [0.4, 0.5) is 0 Å². The summed E-state index contributed by atoms with van der Waals surface area (Å²) in [6.07, 6.45) is 3.34. The normalized spacial score (nSPS) is 11.4. The summed E-state index contributed by atoms with van der Waals surface area (Å²) in [6.45, 7) is 3.29. The molecule has 6 heteroatoms. The van der Waals surface area contributed by atoms with Crippen molar-refractivity contribution in [2.75, 3.05) is 6.54 Å². The van der Waals surface area contributed by atoms with E-state index in [1.165, 1.54) is 0 Å². The largest absolute Gasteiger partial charge is 0.356 e. The van der Waals surface area contributed by atoms with Gasteiger partial charge >= 0.3 is 0 Å². The fourth-order valence-electron chi connectivity index (χ4n) is 0.855. The number of imidazole rings is 1. The highest BCUT2D eigenvalue weighted by Crippen LogP contribution is 1.92. The minimum atomic E-state index is 0.534. The molecule has 72 valence electrons. The van der Waals surface area contributed by atoms with Crippen molar-refractivity contribution in [3.63, 3.8) is 0 Å². The Morgan fingerprint density at radius 2 is 2.62 bits per heavy atom. The lowest BCUT2D eigenvalue weighted by Gasteiger charge is -2.05. The van der Waals surface area contributed by atoms with Gasteiger partial charge in [-0.2, -0.15) is 0 Å². The van der Waals surface area contributed by atoms with Crippen LogP contribution in [0.1, 0.15) is 12.6 Å². The van der Waals surface area contributed by atoms with Crippen LogP contribution in [0.2, 0.25) is 0 Å². The van der Waals surface area contributed by atoms with Crippen LogP contribution in [-0.2, 0) is 6.54 Å². The molecule has 0 saturated heterocycles. The van der Waals surface area contributed by atoms with Crippen LogP contribution in [0.25, 0.3) is 0 Å². The molecule has 1 heterocycles. The van der Waals surface area contributed by atoms with Gasteiger partial charge in [-0.25, -0.2) is 15.8 Å². The molecule has 1 aromatic heterocycles. The monoisotopic (exact) mass is 182 g/mol. The Hall–Kier alpha value is -1.56. The first-order valence-electron chi connectivity index (χ1n) is 4.09. The van der Waals surface area contributed by atoms with E-state index in [0.717, 1.165) is 12.2 Å². The van der Waals surface area contributed by atoms with E-state index < -0.39 is 0 Å². The maximum atomic E-state index is 5.23. The summed E-state index contributed by atoms with van der Waals surface area (Å²) in [7, 11) is 0. The third kappa shape index (κ3) is 3.12. The van der Waals surface area contributed by atoms with E-state index in [4.69, 9.17) is 5.84 Å². The number of hydrazine groups is 1. The van der Waals surface area contributed by atoms with Gasteiger partial charge in [0.15, 0.2) is 0 Å². The Labute approximate surface area is 76.6 Å². The molecule has 5 N–H and O–H groups in total. The first-order valence-corrected chi connectivity index (χ1v) is 4.09. The zero-order valence-corrected chi connectivity index (χ0v) is 7.54. The van der Waals surface area contributed by atoms with Crippen molar-refractivity contribution in [2.24, 2.45) is 10.8 Å². The molecule has 0 aliphatic carbocycles. The molecule has 0 atom stereocenters. The van der Waals surface area contributed by atoms with Gasteiger partial charge < -0.3 is 10.3 Å². The van der Waals surface area contributed by atoms with Gasteiger partial charge in [-0.05, 0) is 6.92 Å². The summed E-state index contributed by atoms with van der Waals surface area (Å²) in [6, 6.07) is 0. The number of H-pyrrole nitrogens is 1. The van der Waals surface area contributed by atoms with E-state index in [-0.39, 0.29) is 0 Å². The standard InChI is InChI=1S/C7H14N6/c1-2-10-7(13-8)11-4-6-3-9-5-12-6/h3,5H,2,4,8H2,1H3,(H,9,12)(H2,10,11,13). The number of nitrogens with zero attached hydrogens (tertiary/aromatic N) is 2. The first kappa shape index (κ1) is 9.53. The number of aromatic amines is 1. The zero-order valence-electron chi connectivity index (χ0n) is 7.54. The number of aromatic nitrogens is 2. The van der Waals surface area contributed by atoms with E-state index in [1.807, 2.05) is 6.92 Å². The average molecular weight is 182 g/mol. The Morgan fingerprint density at radius 1 is 1.77 bits per heavy atom. The third-order valence-corrected chi connectivity index (χ3v) is 1.44. The Bertz CT molecular complexity index is 252. The molecule has 0 amide bonds. The van der Waals surface area contributed by atoms with E-state index in [2.05, 4.69) is 25.7 Å². The van der Waals surface area contributed by atoms with Crippen molar-refractivity contribution < 1.29 is 0 Å². The van der Waals surface area contributed by atoms with Gasteiger partial charge in [0.05, 0.1) is 18.6 Å². The summed E-state index contributed by atoms with van der Waals surface area (Å²) < 4.78 is 0. The highest BCUT2D eigenvalue weighted by molar-refractivity contribution is 5.78. The second-order valence-corrected chi connectivity index (χ2v) is 2.42. The lowest BCUT2D eigenvalue weighted by molar-refractivity contribution is 0.847. The van der Waals surface area contributed by atoms with Crippen molar-refractivity contribution in [3.05, 3.63) is 18.2 Å². The molecule has 0 aliphatic heterocycles. The van der Waals surface area contributed by atoms with Gasteiger partial charge in [-0.1, -0.05) is 0 Å². The zero-order chi connectivity index (χ0) is 9.52. The molecular formula is C7H14N6. The number of rotatable bonds is 3. The van der Waals surface area contributed by atoms with Crippen LogP contribution >= 0.6 is 0 Å².